The average Bonchev–Trinajstić information content (AvgIpc) is 3.19. The van der Waals surface area contributed by atoms with Crippen LogP contribution in [0, 0.1) is 6.92 Å². The minimum atomic E-state index is -4.07. The number of sulfonamides is 1. The third kappa shape index (κ3) is 8.24. The summed E-state index contributed by atoms with van der Waals surface area (Å²) in [6.45, 7) is 7.71. The molecule has 1 aromatic carbocycles. The van der Waals surface area contributed by atoms with Gasteiger partial charge in [0.15, 0.2) is 11.5 Å². The van der Waals surface area contributed by atoms with Gasteiger partial charge in [-0.15, -0.1) is 34.5 Å². The van der Waals surface area contributed by atoms with Gasteiger partial charge in [0.2, 0.25) is 0 Å². The van der Waals surface area contributed by atoms with E-state index < -0.39 is 21.7 Å². The van der Waals surface area contributed by atoms with E-state index >= 15 is 0 Å². The van der Waals surface area contributed by atoms with Gasteiger partial charge in [0.05, 0.1) is 13.2 Å². The molecule has 33 heavy (non-hydrogen) atoms. The van der Waals surface area contributed by atoms with Gasteiger partial charge >= 0.3 is 6.09 Å². The van der Waals surface area contributed by atoms with E-state index in [2.05, 4.69) is 0 Å². The second-order valence-corrected chi connectivity index (χ2v) is 11.8. The van der Waals surface area contributed by atoms with Crippen molar-refractivity contribution >= 4 is 50.7 Å². The molecule has 1 N–H and O–H groups in total. The summed E-state index contributed by atoms with van der Waals surface area (Å²) < 4.78 is 44.0. The van der Waals surface area contributed by atoms with Gasteiger partial charge in [0.25, 0.3) is 10.0 Å². The molecule has 0 saturated carbocycles. The average molecular weight is 539 g/mol. The molecule has 7 nitrogen and oxygen atoms in total. The maximum absolute atomic E-state index is 12.6. The van der Waals surface area contributed by atoms with Gasteiger partial charge in [-0.25, -0.2) is 17.9 Å². The first-order chi connectivity index (χ1) is 15.5. The van der Waals surface area contributed by atoms with Gasteiger partial charge in [-0.2, -0.15) is 0 Å². The Kier molecular flexibility index (Phi) is 10.1. The molecule has 0 aliphatic rings. The number of halogens is 2. The van der Waals surface area contributed by atoms with Crippen LogP contribution in [0.4, 0.5) is 4.79 Å². The van der Waals surface area contributed by atoms with E-state index in [4.69, 9.17) is 37.4 Å². The second kappa shape index (κ2) is 12.1. The highest BCUT2D eigenvalue weighted by molar-refractivity contribution is 7.92. The van der Waals surface area contributed by atoms with Crippen LogP contribution in [0.25, 0.3) is 10.4 Å². The Hall–Kier alpha value is -1.68. The van der Waals surface area contributed by atoms with Gasteiger partial charge < -0.3 is 14.2 Å². The Morgan fingerprint density at radius 3 is 2.27 bits per heavy atom. The molecule has 0 spiro atoms. The van der Waals surface area contributed by atoms with Crippen LogP contribution in [0.2, 0.25) is 0 Å². The minimum absolute atomic E-state index is 0.00481. The Balaban J connectivity index is 2.31. The molecule has 0 atom stereocenters. The summed E-state index contributed by atoms with van der Waals surface area (Å²) in [5, 5.41) is 0. The molecular weight excluding hydrogens is 509 g/mol. The zero-order valence-electron chi connectivity index (χ0n) is 19.1. The maximum atomic E-state index is 12.6. The van der Waals surface area contributed by atoms with Gasteiger partial charge in [-0.3, -0.25) is 0 Å². The number of amides is 1. The normalized spacial score (nSPS) is 11.8. The van der Waals surface area contributed by atoms with E-state index in [9.17, 15) is 13.2 Å². The van der Waals surface area contributed by atoms with Gasteiger partial charge in [0.1, 0.15) is 9.81 Å². The molecule has 2 rings (SSSR count). The highest BCUT2D eigenvalue weighted by atomic mass is 35.5. The van der Waals surface area contributed by atoms with Crippen LogP contribution in [-0.2, 0) is 14.8 Å². The zero-order valence-corrected chi connectivity index (χ0v) is 22.2. The number of nitrogens with one attached hydrogen (secondary N) is 1. The number of rotatable bonds is 11. The molecule has 0 fully saturated rings. The van der Waals surface area contributed by atoms with Crippen molar-refractivity contribution in [2.75, 3.05) is 25.0 Å². The molecule has 2 aromatic rings. The molecule has 0 saturated heterocycles. The van der Waals surface area contributed by atoms with E-state index in [-0.39, 0.29) is 4.21 Å². The van der Waals surface area contributed by atoms with Crippen molar-refractivity contribution in [1.29, 1.82) is 0 Å². The van der Waals surface area contributed by atoms with Crippen molar-refractivity contribution in [3.8, 4) is 21.9 Å². The summed E-state index contributed by atoms with van der Waals surface area (Å²) in [7, 11) is -4.07. The number of thiophene rings is 1. The van der Waals surface area contributed by atoms with Crippen molar-refractivity contribution < 1.29 is 27.4 Å². The number of benzene rings is 1. The molecule has 0 radical (unpaired) electrons. The number of hydrogen-bond donors (Lipinski definition) is 1. The van der Waals surface area contributed by atoms with Crippen LogP contribution in [0.3, 0.4) is 0 Å². The largest absolute Gasteiger partial charge is 0.490 e. The summed E-state index contributed by atoms with van der Waals surface area (Å²) in [6, 6.07) is 6.78. The highest BCUT2D eigenvalue weighted by Crippen LogP contribution is 2.41. The number of carbonyl (C=O) groups is 1. The second-order valence-electron chi connectivity index (χ2n) is 8.07. The Bertz CT molecular complexity index is 1050. The van der Waals surface area contributed by atoms with Crippen LogP contribution in [0.5, 0.6) is 11.5 Å². The molecular formula is C22H29Cl2NO6S2. The molecule has 1 heterocycles. The molecule has 184 valence electrons. The number of carbonyl (C=O) groups excluding carboxylic acids is 1. The fourth-order valence-electron chi connectivity index (χ4n) is 2.76. The fraction of sp³-hybridized carbons (Fsp3) is 0.500. The summed E-state index contributed by atoms with van der Waals surface area (Å²) in [4.78, 5) is 12.6. The van der Waals surface area contributed by atoms with Crippen LogP contribution in [0.15, 0.2) is 28.5 Å². The van der Waals surface area contributed by atoms with Crippen LogP contribution in [0.1, 0.15) is 39.2 Å². The lowest BCUT2D eigenvalue weighted by atomic mass is 10.1. The molecule has 1 aromatic heterocycles. The van der Waals surface area contributed by atoms with E-state index in [1.807, 2.05) is 17.7 Å². The minimum Gasteiger partial charge on any atom is -0.490 e. The standard InChI is InChI=1S/C22H29Cl2NO6S2/c1-15-16(7-8-17(29-13-5-11-23)20(15)30-14-6-12-24)18-9-10-19(32-18)33(27,28)25-21(26)31-22(2,3)4/h7-10H,5-6,11-14H2,1-4H3,(H,25,26). The Labute approximate surface area is 209 Å². The van der Waals surface area contributed by atoms with E-state index in [1.165, 1.54) is 6.07 Å². The summed E-state index contributed by atoms with van der Waals surface area (Å²) in [6.07, 6.45) is 0.340. The van der Waals surface area contributed by atoms with Crippen LogP contribution in [-0.4, -0.2) is 45.1 Å². The van der Waals surface area contributed by atoms with E-state index in [0.717, 1.165) is 22.5 Å². The first-order valence-electron chi connectivity index (χ1n) is 10.4. The SMILES string of the molecule is Cc1c(-c2ccc(S(=O)(=O)NC(=O)OC(C)(C)C)s2)ccc(OCCCCl)c1OCCCCl. The lowest BCUT2D eigenvalue weighted by Gasteiger charge is -2.19. The summed E-state index contributed by atoms with van der Waals surface area (Å²) >= 11 is 12.6. The van der Waals surface area contributed by atoms with E-state index in [0.29, 0.717) is 54.2 Å². The molecule has 0 bridgehead atoms. The lowest BCUT2D eigenvalue weighted by molar-refractivity contribution is 0.0570. The quantitative estimate of drug-likeness (QED) is 0.281. The van der Waals surface area contributed by atoms with Crippen molar-refractivity contribution in [3.63, 3.8) is 0 Å². The molecule has 0 aliphatic carbocycles. The van der Waals surface area contributed by atoms with Gasteiger partial charge in [-0.1, -0.05) is 0 Å². The summed E-state index contributed by atoms with van der Waals surface area (Å²) in [5.74, 6) is 2.13. The van der Waals surface area contributed by atoms with Gasteiger partial charge in [-0.05, 0) is 70.4 Å². The topological polar surface area (TPSA) is 90.9 Å². The predicted molar refractivity (Wildman–Crippen MR) is 133 cm³/mol. The van der Waals surface area contributed by atoms with Gasteiger partial charge in [0, 0.05) is 22.2 Å². The first-order valence-corrected chi connectivity index (χ1v) is 13.7. The fourth-order valence-corrected chi connectivity index (χ4v) is 5.24. The van der Waals surface area contributed by atoms with E-state index in [1.54, 1.807) is 32.9 Å². The third-order valence-electron chi connectivity index (χ3n) is 4.16. The first kappa shape index (κ1) is 27.6. The Morgan fingerprint density at radius 2 is 1.67 bits per heavy atom. The van der Waals surface area contributed by atoms with Crippen molar-refractivity contribution in [2.24, 2.45) is 0 Å². The number of alkyl halides is 2. The predicted octanol–water partition coefficient (Wildman–Crippen LogP) is 5.95. The highest BCUT2D eigenvalue weighted by Gasteiger charge is 2.25. The zero-order chi connectivity index (χ0) is 24.6. The van der Waals surface area contributed by atoms with Crippen molar-refractivity contribution in [1.82, 2.24) is 4.72 Å². The molecule has 11 heteroatoms. The smallest absolute Gasteiger partial charge is 0.421 e. The summed E-state index contributed by atoms with van der Waals surface area (Å²) in [5.41, 5.74) is 0.785. The number of ether oxygens (including phenoxy) is 3. The molecule has 0 unspecified atom stereocenters. The van der Waals surface area contributed by atoms with Crippen LogP contribution < -0.4 is 14.2 Å². The molecule has 1 amide bonds. The van der Waals surface area contributed by atoms with Crippen LogP contribution >= 0.6 is 34.5 Å². The Morgan fingerprint density at radius 1 is 1.03 bits per heavy atom. The lowest BCUT2D eigenvalue weighted by Crippen LogP contribution is -2.36. The molecule has 0 aliphatic heterocycles. The van der Waals surface area contributed by atoms with Crippen molar-refractivity contribution in [2.45, 2.75) is 50.3 Å². The maximum Gasteiger partial charge on any atom is 0.421 e. The third-order valence-corrected chi connectivity index (χ3v) is 7.62. The monoisotopic (exact) mass is 537 g/mol. The van der Waals surface area contributed by atoms with Crippen molar-refractivity contribution in [3.05, 3.63) is 29.8 Å². The number of hydrogen-bond acceptors (Lipinski definition) is 7.